The topological polar surface area (TPSA) is 84.2 Å². The Morgan fingerprint density at radius 1 is 1.27 bits per heavy atom. The van der Waals surface area contributed by atoms with Crippen LogP contribution in [0.25, 0.3) is 0 Å². The second kappa shape index (κ2) is 7.40. The number of rotatable bonds is 7. The Morgan fingerprint density at radius 3 is 2.59 bits per heavy atom. The Hall–Kier alpha value is -2.63. The van der Waals surface area contributed by atoms with Gasteiger partial charge in [-0.2, -0.15) is 5.10 Å². The molecule has 1 unspecified atom stereocenters. The van der Waals surface area contributed by atoms with Crippen LogP contribution in [0, 0.1) is 0 Å². The summed E-state index contributed by atoms with van der Waals surface area (Å²) in [6.07, 6.45) is 2.41. The van der Waals surface area contributed by atoms with Crippen LogP contribution in [0.5, 0.6) is 0 Å². The first-order valence-electron chi connectivity index (χ1n) is 7.09. The van der Waals surface area contributed by atoms with Crippen molar-refractivity contribution in [2.45, 2.75) is 25.3 Å². The number of benzene rings is 1. The molecule has 0 fully saturated rings. The summed E-state index contributed by atoms with van der Waals surface area (Å²) in [4.78, 5) is 23.1. The predicted molar refractivity (Wildman–Crippen MR) is 81.1 cm³/mol. The van der Waals surface area contributed by atoms with Gasteiger partial charge in [-0.3, -0.25) is 14.3 Å². The molecular weight excluding hydrogens is 282 g/mol. The van der Waals surface area contributed by atoms with Crippen molar-refractivity contribution in [3.63, 3.8) is 0 Å². The van der Waals surface area contributed by atoms with E-state index in [0.717, 1.165) is 11.3 Å². The number of amides is 1. The Balaban J connectivity index is 1.96. The zero-order chi connectivity index (χ0) is 15.9. The SMILES string of the molecule is Cn1nccc1CCC(=O)NC(CC(=O)O)c1ccccc1. The maximum atomic E-state index is 12.1. The van der Waals surface area contributed by atoms with Gasteiger partial charge in [0.2, 0.25) is 5.91 Å². The van der Waals surface area contributed by atoms with Crippen molar-refractivity contribution in [1.29, 1.82) is 0 Å². The Morgan fingerprint density at radius 2 is 2.00 bits per heavy atom. The summed E-state index contributed by atoms with van der Waals surface area (Å²) >= 11 is 0. The third kappa shape index (κ3) is 4.44. The largest absolute Gasteiger partial charge is 0.481 e. The molecule has 0 aliphatic heterocycles. The fourth-order valence-electron chi connectivity index (χ4n) is 2.27. The zero-order valence-corrected chi connectivity index (χ0v) is 12.4. The quantitative estimate of drug-likeness (QED) is 0.815. The van der Waals surface area contributed by atoms with Crippen LogP contribution < -0.4 is 5.32 Å². The highest BCUT2D eigenvalue weighted by molar-refractivity contribution is 5.78. The van der Waals surface area contributed by atoms with Gasteiger partial charge in [0.1, 0.15) is 0 Å². The molecule has 2 rings (SSSR count). The van der Waals surface area contributed by atoms with Crippen molar-refractivity contribution in [1.82, 2.24) is 15.1 Å². The second-order valence-corrected chi connectivity index (χ2v) is 5.07. The number of hydrogen-bond donors (Lipinski definition) is 2. The molecule has 1 aromatic carbocycles. The van der Waals surface area contributed by atoms with Crippen molar-refractivity contribution in [2.24, 2.45) is 7.05 Å². The molecule has 0 spiro atoms. The first kappa shape index (κ1) is 15.8. The summed E-state index contributed by atoms with van der Waals surface area (Å²) in [5, 5.41) is 15.9. The monoisotopic (exact) mass is 301 g/mol. The van der Waals surface area contributed by atoms with Crippen LogP contribution in [0.3, 0.4) is 0 Å². The number of nitrogens with one attached hydrogen (secondary N) is 1. The molecule has 116 valence electrons. The summed E-state index contributed by atoms with van der Waals surface area (Å²) in [6.45, 7) is 0. The number of carboxylic acid groups (broad SMARTS) is 1. The summed E-state index contributed by atoms with van der Waals surface area (Å²) in [5.74, 6) is -1.11. The van der Waals surface area contributed by atoms with Crippen LogP contribution >= 0.6 is 0 Å². The van der Waals surface area contributed by atoms with Crippen molar-refractivity contribution < 1.29 is 14.7 Å². The standard InChI is InChI=1S/C16H19N3O3/c1-19-13(9-10-17-19)7-8-15(20)18-14(11-16(21)22)12-5-3-2-4-6-12/h2-6,9-10,14H,7-8,11H2,1H3,(H,18,20)(H,21,22). The number of hydrogen-bond acceptors (Lipinski definition) is 3. The van der Waals surface area contributed by atoms with E-state index in [1.54, 1.807) is 10.9 Å². The third-order valence-electron chi connectivity index (χ3n) is 3.45. The molecule has 6 heteroatoms. The lowest BCUT2D eigenvalue weighted by Crippen LogP contribution is -2.30. The molecule has 2 aromatic rings. The van der Waals surface area contributed by atoms with Gasteiger partial charge in [-0.25, -0.2) is 0 Å². The minimum Gasteiger partial charge on any atom is -0.481 e. The highest BCUT2D eigenvalue weighted by Gasteiger charge is 2.17. The lowest BCUT2D eigenvalue weighted by molar-refractivity contribution is -0.137. The number of nitrogens with zero attached hydrogens (tertiary/aromatic N) is 2. The van der Waals surface area contributed by atoms with Gasteiger partial charge in [-0.15, -0.1) is 0 Å². The van der Waals surface area contributed by atoms with Gasteiger partial charge in [0, 0.05) is 25.4 Å². The highest BCUT2D eigenvalue weighted by Crippen LogP contribution is 2.16. The lowest BCUT2D eigenvalue weighted by atomic mass is 10.0. The molecule has 1 atom stereocenters. The minimum atomic E-state index is -0.944. The Labute approximate surface area is 128 Å². The van der Waals surface area contributed by atoms with Gasteiger partial charge >= 0.3 is 5.97 Å². The van der Waals surface area contributed by atoms with E-state index < -0.39 is 12.0 Å². The van der Waals surface area contributed by atoms with Crippen LogP contribution in [0.1, 0.15) is 30.1 Å². The number of aryl methyl sites for hydroxylation is 2. The second-order valence-electron chi connectivity index (χ2n) is 5.07. The maximum Gasteiger partial charge on any atom is 0.305 e. The molecule has 0 bridgehead atoms. The van der Waals surface area contributed by atoms with Crippen molar-refractivity contribution in [3.8, 4) is 0 Å². The van der Waals surface area contributed by atoms with E-state index >= 15 is 0 Å². The van der Waals surface area contributed by atoms with Crippen LogP contribution in [0.15, 0.2) is 42.6 Å². The summed E-state index contributed by atoms with van der Waals surface area (Å²) < 4.78 is 1.72. The van der Waals surface area contributed by atoms with E-state index in [4.69, 9.17) is 5.11 Å². The molecular formula is C16H19N3O3. The van der Waals surface area contributed by atoms with Crippen molar-refractivity contribution >= 4 is 11.9 Å². The van der Waals surface area contributed by atoms with E-state index in [2.05, 4.69) is 10.4 Å². The van der Waals surface area contributed by atoms with Crippen molar-refractivity contribution in [2.75, 3.05) is 0 Å². The molecule has 6 nitrogen and oxygen atoms in total. The predicted octanol–water partition coefficient (Wildman–Crippen LogP) is 1.68. The fourth-order valence-corrected chi connectivity index (χ4v) is 2.27. The van der Waals surface area contributed by atoms with Crippen LogP contribution in [-0.4, -0.2) is 26.8 Å². The van der Waals surface area contributed by atoms with Gasteiger partial charge < -0.3 is 10.4 Å². The molecule has 0 aliphatic carbocycles. The summed E-state index contributed by atoms with van der Waals surface area (Å²) in [6, 6.07) is 10.5. The van der Waals surface area contributed by atoms with Gasteiger partial charge in [0.05, 0.1) is 12.5 Å². The smallest absolute Gasteiger partial charge is 0.305 e. The molecule has 0 saturated carbocycles. The zero-order valence-electron chi connectivity index (χ0n) is 12.4. The van der Waals surface area contributed by atoms with Gasteiger partial charge in [-0.05, 0) is 18.1 Å². The highest BCUT2D eigenvalue weighted by atomic mass is 16.4. The number of aromatic nitrogens is 2. The first-order chi connectivity index (χ1) is 10.6. The average Bonchev–Trinajstić information content (AvgIpc) is 2.90. The van der Waals surface area contributed by atoms with Gasteiger partial charge in [0.25, 0.3) is 0 Å². The molecule has 1 aromatic heterocycles. The average molecular weight is 301 g/mol. The third-order valence-corrected chi connectivity index (χ3v) is 3.45. The number of aliphatic carboxylic acids is 1. The van der Waals surface area contributed by atoms with E-state index in [1.165, 1.54) is 0 Å². The van der Waals surface area contributed by atoms with E-state index in [0.29, 0.717) is 12.8 Å². The molecule has 0 radical (unpaired) electrons. The van der Waals surface area contributed by atoms with Crippen LogP contribution in [0.4, 0.5) is 0 Å². The molecule has 1 amide bonds. The van der Waals surface area contributed by atoms with Crippen molar-refractivity contribution in [3.05, 3.63) is 53.9 Å². The fraction of sp³-hybridized carbons (Fsp3) is 0.312. The number of carboxylic acids is 1. The Kier molecular flexibility index (Phi) is 5.30. The molecule has 0 saturated heterocycles. The summed E-state index contributed by atoms with van der Waals surface area (Å²) in [7, 11) is 1.82. The normalized spacial score (nSPS) is 11.9. The van der Waals surface area contributed by atoms with Crippen LogP contribution in [0.2, 0.25) is 0 Å². The molecule has 0 aliphatic rings. The number of carbonyl (C=O) groups is 2. The van der Waals surface area contributed by atoms with Gasteiger partial charge in [0.15, 0.2) is 0 Å². The minimum absolute atomic E-state index is 0.137. The van der Waals surface area contributed by atoms with Crippen LogP contribution in [-0.2, 0) is 23.1 Å². The first-order valence-corrected chi connectivity index (χ1v) is 7.09. The molecule has 22 heavy (non-hydrogen) atoms. The lowest BCUT2D eigenvalue weighted by Gasteiger charge is -2.17. The maximum absolute atomic E-state index is 12.1. The number of carbonyl (C=O) groups excluding carboxylic acids is 1. The van der Waals surface area contributed by atoms with E-state index in [9.17, 15) is 9.59 Å². The summed E-state index contributed by atoms with van der Waals surface area (Å²) in [5.41, 5.74) is 1.75. The molecule has 1 heterocycles. The van der Waals surface area contributed by atoms with E-state index in [1.807, 2.05) is 43.4 Å². The van der Waals surface area contributed by atoms with E-state index in [-0.39, 0.29) is 12.3 Å². The molecule has 2 N–H and O–H groups in total. The Bertz CT molecular complexity index is 637. The van der Waals surface area contributed by atoms with Gasteiger partial charge in [-0.1, -0.05) is 30.3 Å².